The van der Waals surface area contributed by atoms with Gasteiger partial charge < -0.3 is 29.0 Å². The number of aromatic carboxylic acids is 1. The number of hydrogen-bond acceptors (Lipinski definition) is 6. The molecule has 0 aromatic heterocycles. The Morgan fingerprint density at radius 3 is 2.53 bits per heavy atom. The zero-order valence-electron chi connectivity index (χ0n) is 18.9. The lowest BCUT2D eigenvalue weighted by molar-refractivity contribution is -0.136. The van der Waals surface area contributed by atoms with Gasteiger partial charge in [0.15, 0.2) is 29.6 Å². The maximum atomic E-state index is 13.4. The number of fused-ring (bicyclic) bond motifs is 1. The van der Waals surface area contributed by atoms with Crippen molar-refractivity contribution in [2.75, 3.05) is 20.5 Å². The number of rotatable bonds is 9. The fourth-order valence-corrected chi connectivity index (χ4v) is 3.80. The van der Waals surface area contributed by atoms with Crippen molar-refractivity contribution in [2.45, 2.75) is 19.5 Å². The van der Waals surface area contributed by atoms with E-state index in [2.05, 4.69) is 0 Å². The van der Waals surface area contributed by atoms with Crippen LogP contribution >= 0.6 is 0 Å². The first-order chi connectivity index (χ1) is 16.5. The molecule has 1 amide bonds. The molecule has 8 nitrogen and oxygen atoms in total. The molecule has 0 spiro atoms. The van der Waals surface area contributed by atoms with E-state index in [-0.39, 0.29) is 42.4 Å². The molecule has 0 saturated heterocycles. The van der Waals surface area contributed by atoms with Crippen molar-refractivity contribution in [3.63, 3.8) is 0 Å². The summed E-state index contributed by atoms with van der Waals surface area (Å²) in [4.78, 5) is 26.7. The van der Waals surface area contributed by atoms with Crippen LogP contribution in [0.3, 0.4) is 0 Å². The van der Waals surface area contributed by atoms with Gasteiger partial charge in [-0.15, -0.1) is 0 Å². The van der Waals surface area contributed by atoms with Crippen LogP contribution in [-0.2, 0) is 11.3 Å². The van der Waals surface area contributed by atoms with Gasteiger partial charge in [0.1, 0.15) is 5.56 Å². The first-order valence-electron chi connectivity index (χ1n) is 10.7. The van der Waals surface area contributed by atoms with Gasteiger partial charge >= 0.3 is 5.97 Å². The van der Waals surface area contributed by atoms with Gasteiger partial charge in [-0.25, -0.2) is 4.79 Å². The Balaban J connectivity index is 1.59. The number of benzene rings is 3. The summed E-state index contributed by atoms with van der Waals surface area (Å²) in [6.45, 7) is 2.04. The van der Waals surface area contributed by atoms with Crippen molar-refractivity contribution in [2.24, 2.45) is 0 Å². The molecule has 0 radical (unpaired) electrons. The quantitative estimate of drug-likeness (QED) is 0.506. The number of carboxylic acids is 1. The van der Waals surface area contributed by atoms with Crippen molar-refractivity contribution >= 4 is 11.9 Å². The highest BCUT2D eigenvalue weighted by atomic mass is 16.7. The maximum absolute atomic E-state index is 13.4. The van der Waals surface area contributed by atoms with Crippen LogP contribution in [0.4, 0.5) is 0 Å². The summed E-state index contributed by atoms with van der Waals surface area (Å²) in [5.74, 6) is 0.0759. The molecule has 1 heterocycles. The van der Waals surface area contributed by atoms with Gasteiger partial charge in [0.05, 0.1) is 13.2 Å². The van der Waals surface area contributed by atoms with E-state index in [0.29, 0.717) is 18.0 Å². The third kappa shape index (κ3) is 4.91. The first-order valence-corrected chi connectivity index (χ1v) is 10.7. The van der Waals surface area contributed by atoms with Crippen LogP contribution in [0, 0.1) is 0 Å². The van der Waals surface area contributed by atoms with Crippen LogP contribution < -0.4 is 18.9 Å². The van der Waals surface area contributed by atoms with Crippen LogP contribution in [0.5, 0.6) is 23.0 Å². The molecule has 1 atom stereocenters. The number of nitrogens with zero attached hydrogens (tertiary/aromatic N) is 1. The molecular formula is C26H25NO7. The molecule has 1 N–H and O–H groups in total. The molecule has 8 heteroatoms. The molecule has 4 rings (SSSR count). The van der Waals surface area contributed by atoms with E-state index in [0.717, 1.165) is 11.1 Å². The fourth-order valence-electron chi connectivity index (χ4n) is 3.80. The maximum Gasteiger partial charge on any atom is 0.339 e. The van der Waals surface area contributed by atoms with Crippen LogP contribution in [0.15, 0.2) is 66.7 Å². The normalized spacial score (nSPS) is 12.6. The first kappa shape index (κ1) is 23.0. The molecule has 0 fully saturated rings. The van der Waals surface area contributed by atoms with E-state index in [1.807, 2.05) is 55.5 Å². The topological polar surface area (TPSA) is 94.5 Å². The molecule has 0 saturated carbocycles. The Bertz CT molecular complexity index is 1180. The Kier molecular flexibility index (Phi) is 6.87. The minimum Gasteiger partial charge on any atom is -0.493 e. The molecule has 1 aliphatic heterocycles. The monoisotopic (exact) mass is 463 g/mol. The Labute approximate surface area is 197 Å². The second kappa shape index (κ2) is 10.2. The van der Waals surface area contributed by atoms with E-state index < -0.39 is 5.97 Å². The zero-order chi connectivity index (χ0) is 24.1. The predicted octanol–water partition coefficient (Wildman–Crippen LogP) is 4.29. The largest absolute Gasteiger partial charge is 0.493 e. The number of ether oxygens (including phenoxy) is 4. The minimum atomic E-state index is -1.17. The molecule has 176 valence electrons. The minimum absolute atomic E-state index is 0.0150. The van der Waals surface area contributed by atoms with Crippen molar-refractivity contribution in [3.05, 3.63) is 83.4 Å². The van der Waals surface area contributed by atoms with Gasteiger partial charge in [-0.1, -0.05) is 42.5 Å². The SMILES string of the molecule is COc1cccc(C(=O)O)c1OCC(=O)N(Cc1ccc2c(c1)OCO2)[C@H](C)c1ccccc1. The lowest BCUT2D eigenvalue weighted by atomic mass is 10.1. The number of hydrogen-bond donors (Lipinski definition) is 1. The average molecular weight is 463 g/mol. The average Bonchev–Trinajstić information content (AvgIpc) is 3.33. The van der Waals surface area contributed by atoms with Crippen molar-refractivity contribution in [1.82, 2.24) is 4.90 Å². The predicted molar refractivity (Wildman–Crippen MR) is 123 cm³/mol. The summed E-state index contributed by atoms with van der Waals surface area (Å²) >= 11 is 0. The van der Waals surface area contributed by atoms with Gasteiger partial charge in [0.2, 0.25) is 6.79 Å². The van der Waals surface area contributed by atoms with Crippen LogP contribution in [0.25, 0.3) is 0 Å². The van der Waals surface area contributed by atoms with Crippen LogP contribution in [-0.4, -0.2) is 42.4 Å². The van der Waals surface area contributed by atoms with Gasteiger partial charge in [0, 0.05) is 6.54 Å². The highest BCUT2D eigenvalue weighted by molar-refractivity contribution is 5.92. The van der Waals surface area contributed by atoms with Crippen molar-refractivity contribution in [1.29, 1.82) is 0 Å². The molecular weight excluding hydrogens is 438 g/mol. The molecule has 0 bridgehead atoms. The summed E-state index contributed by atoms with van der Waals surface area (Å²) in [5, 5.41) is 9.52. The van der Waals surface area contributed by atoms with E-state index in [1.54, 1.807) is 17.0 Å². The third-order valence-corrected chi connectivity index (χ3v) is 5.63. The number of carbonyl (C=O) groups excluding carboxylic acids is 1. The van der Waals surface area contributed by atoms with Gasteiger partial charge in [-0.3, -0.25) is 4.79 Å². The fraction of sp³-hybridized carbons (Fsp3) is 0.231. The molecule has 0 aliphatic carbocycles. The summed E-state index contributed by atoms with van der Waals surface area (Å²) < 4.78 is 21.8. The van der Waals surface area contributed by atoms with E-state index >= 15 is 0 Å². The summed E-state index contributed by atoms with van der Waals surface area (Å²) in [7, 11) is 1.42. The van der Waals surface area contributed by atoms with Crippen LogP contribution in [0.2, 0.25) is 0 Å². The number of amides is 1. The molecule has 0 unspecified atom stereocenters. The number of para-hydroxylation sites is 1. The molecule has 1 aliphatic rings. The Morgan fingerprint density at radius 1 is 1.03 bits per heavy atom. The van der Waals surface area contributed by atoms with E-state index in [4.69, 9.17) is 18.9 Å². The number of carbonyl (C=O) groups is 2. The second-order valence-corrected chi connectivity index (χ2v) is 7.73. The van der Waals surface area contributed by atoms with Gasteiger partial charge in [-0.05, 0) is 42.3 Å². The molecule has 3 aromatic carbocycles. The Morgan fingerprint density at radius 2 is 1.79 bits per heavy atom. The highest BCUT2D eigenvalue weighted by Gasteiger charge is 2.25. The molecule has 3 aromatic rings. The smallest absolute Gasteiger partial charge is 0.339 e. The van der Waals surface area contributed by atoms with Crippen LogP contribution in [0.1, 0.15) is 34.5 Å². The standard InChI is InChI=1S/C26H25NO7/c1-17(19-7-4-3-5-8-19)27(14-18-11-12-21-23(13-18)34-16-33-21)24(28)15-32-25-20(26(29)30)9-6-10-22(25)31-2/h3-13,17H,14-16H2,1-2H3,(H,29,30)/t17-/m1/s1. The van der Waals surface area contributed by atoms with Gasteiger partial charge in [0.25, 0.3) is 5.91 Å². The Hall–Kier alpha value is -4.20. The zero-order valence-corrected chi connectivity index (χ0v) is 18.9. The van der Waals surface area contributed by atoms with E-state index in [1.165, 1.54) is 13.2 Å². The lowest BCUT2D eigenvalue weighted by Gasteiger charge is -2.30. The van der Waals surface area contributed by atoms with Gasteiger partial charge in [-0.2, -0.15) is 0 Å². The highest BCUT2D eigenvalue weighted by Crippen LogP contribution is 2.34. The summed E-state index contributed by atoms with van der Waals surface area (Å²) in [5.41, 5.74) is 1.74. The third-order valence-electron chi connectivity index (χ3n) is 5.63. The second-order valence-electron chi connectivity index (χ2n) is 7.73. The van der Waals surface area contributed by atoms with Crippen molar-refractivity contribution < 1.29 is 33.6 Å². The summed E-state index contributed by atoms with van der Waals surface area (Å²) in [6, 6.07) is 19.5. The lowest BCUT2D eigenvalue weighted by Crippen LogP contribution is -2.36. The van der Waals surface area contributed by atoms with E-state index in [9.17, 15) is 14.7 Å². The molecule has 34 heavy (non-hydrogen) atoms. The van der Waals surface area contributed by atoms with Crippen molar-refractivity contribution in [3.8, 4) is 23.0 Å². The number of carboxylic acid groups (broad SMARTS) is 1. The summed E-state index contributed by atoms with van der Waals surface area (Å²) in [6.07, 6.45) is 0. The number of methoxy groups -OCH3 is 1.